The summed E-state index contributed by atoms with van der Waals surface area (Å²) in [5.41, 5.74) is -6.88. The normalized spacial score (nSPS) is 30.9. The molecule has 1 aliphatic heterocycles. The molecule has 1 unspecified atom stereocenters. The molecule has 66 heavy (non-hydrogen) atoms. The number of nitrogens with one attached hydrogen (secondary N) is 1. The number of rotatable bonds is 16. The molecular formula is C49H65B2NO14. The lowest BCUT2D eigenvalue weighted by Crippen LogP contribution is -2.82. The molecule has 11 atom stereocenters. The first kappa shape index (κ1) is 50.9. The highest BCUT2D eigenvalue weighted by Crippen LogP contribution is 2.65. The fourth-order valence-corrected chi connectivity index (χ4v) is 10.4. The molecule has 2 aromatic carbocycles. The Morgan fingerprint density at radius 2 is 1.53 bits per heavy atom. The van der Waals surface area contributed by atoms with Gasteiger partial charge < -0.3 is 48.5 Å². The van der Waals surface area contributed by atoms with E-state index in [1.807, 2.05) is 13.8 Å². The maximum absolute atomic E-state index is 16.1. The largest absolute Gasteiger partial charge is 0.456 e. The summed E-state index contributed by atoms with van der Waals surface area (Å²) in [6, 6.07) is 15.1. The third-order valence-corrected chi connectivity index (χ3v) is 13.8. The minimum Gasteiger partial charge on any atom is -0.456 e. The summed E-state index contributed by atoms with van der Waals surface area (Å²) >= 11 is 0. The molecule has 2 aromatic rings. The van der Waals surface area contributed by atoms with Crippen LogP contribution in [0.2, 0.25) is 12.6 Å². The predicted octanol–water partition coefficient (Wildman–Crippen LogP) is 6.20. The van der Waals surface area contributed by atoms with Crippen molar-refractivity contribution in [2.24, 2.45) is 16.7 Å². The van der Waals surface area contributed by atoms with Crippen LogP contribution in [-0.4, -0.2) is 115 Å². The lowest BCUT2D eigenvalue weighted by Gasteiger charge is -2.68. The molecule has 1 heterocycles. The molecule has 0 aromatic heterocycles. The number of aliphatic hydroxyl groups is 2. The molecule has 4 aliphatic rings. The van der Waals surface area contributed by atoms with Gasteiger partial charge >= 0.3 is 24.0 Å². The molecule has 17 heteroatoms. The third kappa shape index (κ3) is 9.60. The van der Waals surface area contributed by atoms with Crippen LogP contribution in [0.15, 0.2) is 71.8 Å². The number of benzene rings is 2. The number of hydrogen-bond acceptors (Lipinski definition) is 14. The van der Waals surface area contributed by atoms with Crippen LogP contribution in [-0.2, 0) is 47.4 Å². The number of aliphatic hydroxyl groups excluding tert-OH is 1. The zero-order valence-corrected chi connectivity index (χ0v) is 39.8. The third-order valence-electron chi connectivity index (χ3n) is 13.8. The van der Waals surface area contributed by atoms with E-state index in [-0.39, 0.29) is 24.2 Å². The van der Waals surface area contributed by atoms with Crippen LogP contribution < -0.4 is 5.32 Å². The van der Waals surface area contributed by atoms with Crippen molar-refractivity contribution in [3.8, 4) is 0 Å². The smallest absolute Gasteiger partial charge is 0.408 e. The Labute approximate surface area is 389 Å². The number of carbonyl (C=O) groups is 5. The molecule has 356 valence electrons. The lowest BCUT2D eigenvalue weighted by atomic mass is 9.44. The molecular weight excluding hydrogens is 848 g/mol. The van der Waals surface area contributed by atoms with Gasteiger partial charge in [0.05, 0.1) is 35.6 Å². The molecule has 2 radical (unpaired) electrons. The van der Waals surface area contributed by atoms with Crippen LogP contribution in [0.5, 0.6) is 0 Å². The zero-order valence-electron chi connectivity index (χ0n) is 39.8. The molecule has 3 aliphatic carbocycles. The van der Waals surface area contributed by atoms with Gasteiger partial charge in [0.2, 0.25) is 0 Å². The van der Waals surface area contributed by atoms with E-state index >= 15 is 4.79 Å². The highest BCUT2D eigenvalue weighted by Gasteiger charge is 2.78. The Morgan fingerprint density at radius 1 is 0.924 bits per heavy atom. The van der Waals surface area contributed by atoms with Crippen LogP contribution in [0, 0.1) is 16.7 Å². The summed E-state index contributed by atoms with van der Waals surface area (Å²) in [7, 11) is 3.17. The minimum absolute atomic E-state index is 0.106. The number of hydrogen-bond donors (Lipinski definition) is 3. The summed E-state index contributed by atoms with van der Waals surface area (Å²) in [6.07, 6.45) is -7.12. The van der Waals surface area contributed by atoms with Gasteiger partial charge in [-0.3, -0.25) is 9.59 Å². The van der Waals surface area contributed by atoms with E-state index in [2.05, 4.69) is 5.32 Å². The van der Waals surface area contributed by atoms with Gasteiger partial charge in [-0.2, -0.15) is 0 Å². The standard InChI is InChI=1S/C49H65B2NO14/c1-11-23-50-65-33-25-34-48(27-60-34,63-29(4)53)39-41(62-42(56)31-21-17-14-18-22-31)49(59)26-32(28(3)35(46(49,8)9)38(66-51-24-12-2)40(55)47(33,39)10)61-43(57)37(54)36(30-19-15-13-16-20-30)52-44(58)64-45(5,6)7/h13-22,32-34,36-39,41,54,59H,11-12,23-27H2,1-10H3,(H,52,58)/t32-,33?,34+,36-,37+,38+,39-,41-,47+,48-,49+/m0/s1. The highest BCUT2D eigenvalue weighted by atomic mass is 16.6. The zero-order chi connectivity index (χ0) is 48.4. The van der Waals surface area contributed by atoms with Crippen LogP contribution in [0.25, 0.3) is 0 Å². The van der Waals surface area contributed by atoms with Crippen molar-refractivity contribution in [2.75, 3.05) is 6.61 Å². The summed E-state index contributed by atoms with van der Waals surface area (Å²) in [5, 5.41) is 28.5. The number of esters is 3. The first-order valence-electron chi connectivity index (χ1n) is 23.0. The Kier molecular flexibility index (Phi) is 15.4. The topological polar surface area (TPSA) is 202 Å². The monoisotopic (exact) mass is 913 g/mol. The second kappa shape index (κ2) is 20.0. The molecule has 0 spiro atoms. The van der Waals surface area contributed by atoms with E-state index in [4.69, 9.17) is 33.0 Å². The number of amides is 1. The van der Waals surface area contributed by atoms with E-state index in [9.17, 15) is 29.4 Å². The van der Waals surface area contributed by atoms with Crippen molar-refractivity contribution in [3.05, 3.63) is 82.9 Å². The summed E-state index contributed by atoms with van der Waals surface area (Å²) < 4.78 is 43.9. The second-order valence-electron chi connectivity index (χ2n) is 19.7. The van der Waals surface area contributed by atoms with E-state index < -0.39 is 112 Å². The van der Waals surface area contributed by atoms with Gasteiger partial charge in [0.25, 0.3) is 15.0 Å². The van der Waals surface area contributed by atoms with Crippen molar-refractivity contribution in [1.82, 2.24) is 5.32 Å². The van der Waals surface area contributed by atoms with Crippen molar-refractivity contribution >= 4 is 44.7 Å². The molecule has 15 nitrogen and oxygen atoms in total. The average Bonchev–Trinajstić information content (AvgIpc) is 3.25. The van der Waals surface area contributed by atoms with Gasteiger partial charge in [-0.1, -0.05) is 102 Å². The van der Waals surface area contributed by atoms with Gasteiger partial charge in [0.1, 0.15) is 35.6 Å². The van der Waals surface area contributed by atoms with Gasteiger partial charge in [0.15, 0.2) is 17.5 Å². The van der Waals surface area contributed by atoms with Gasteiger partial charge in [-0.15, -0.1) is 0 Å². The van der Waals surface area contributed by atoms with Crippen LogP contribution >= 0.6 is 0 Å². The Bertz CT molecular complexity index is 2130. The lowest BCUT2D eigenvalue weighted by molar-refractivity contribution is -0.344. The second-order valence-corrected chi connectivity index (χ2v) is 19.7. The molecule has 1 amide bonds. The van der Waals surface area contributed by atoms with Crippen LogP contribution in [0.1, 0.15) is 117 Å². The maximum Gasteiger partial charge on any atom is 0.408 e. The van der Waals surface area contributed by atoms with Crippen molar-refractivity contribution in [1.29, 1.82) is 0 Å². The fraction of sp³-hybridized carbons (Fsp3) is 0.612. The number of ketones is 1. The molecule has 6 rings (SSSR count). The summed E-state index contributed by atoms with van der Waals surface area (Å²) in [4.78, 5) is 71.5. The molecule has 2 saturated carbocycles. The molecule has 1 saturated heterocycles. The quantitative estimate of drug-likeness (QED) is 0.0565. The maximum atomic E-state index is 16.1. The average molecular weight is 914 g/mol. The fourth-order valence-electron chi connectivity index (χ4n) is 10.4. The van der Waals surface area contributed by atoms with Crippen molar-refractivity contribution in [3.63, 3.8) is 0 Å². The van der Waals surface area contributed by atoms with E-state index in [1.165, 1.54) is 14.4 Å². The first-order chi connectivity index (χ1) is 31.1. The Morgan fingerprint density at radius 3 is 2.09 bits per heavy atom. The summed E-state index contributed by atoms with van der Waals surface area (Å²) in [6.45, 7) is 16.8. The molecule has 3 fully saturated rings. The van der Waals surface area contributed by atoms with E-state index in [0.717, 1.165) is 6.42 Å². The van der Waals surface area contributed by atoms with Crippen LogP contribution in [0.3, 0.4) is 0 Å². The number of alkyl carbamates (subject to hydrolysis) is 1. The van der Waals surface area contributed by atoms with Crippen LogP contribution in [0.4, 0.5) is 4.79 Å². The number of Topliss-reactive ketones (excluding diaryl/α,β-unsaturated/α-hetero) is 1. The Balaban J connectivity index is 1.56. The predicted molar refractivity (Wildman–Crippen MR) is 243 cm³/mol. The van der Waals surface area contributed by atoms with Crippen molar-refractivity contribution in [2.45, 2.75) is 167 Å². The van der Waals surface area contributed by atoms with Gasteiger partial charge in [-0.05, 0) is 63.5 Å². The van der Waals surface area contributed by atoms with E-state index in [0.29, 0.717) is 30.2 Å². The number of ether oxygens (including phenoxy) is 5. The van der Waals surface area contributed by atoms with Gasteiger partial charge in [0, 0.05) is 25.2 Å². The van der Waals surface area contributed by atoms with Crippen molar-refractivity contribution < 1.29 is 67.2 Å². The molecule has 3 N–H and O–H groups in total. The molecule has 2 bridgehead atoms. The highest BCUT2D eigenvalue weighted by molar-refractivity contribution is 6.28. The minimum atomic E-state index is -2.25. The SMILES string of the molecule is CCC[B]OC1C[C@H]2OC[C@@]2(OC(C)=O)[C@H]2[C@H](OC(=O)c3ccccc3)[C@]3(O)C[C@H](OC(=O)[C@H](O)[C@@H](NC(=O)OC(C)(C)C)c4ccccc4)C(C)=C([C@@H](O[B]CCC)C(=O)[C@]12C)C3(C)C. The summed E-state index contributed by atoms with van der Waals surface area (Å²) in [5.74, 6) is -4.54. The number of fused-ring (bicyclic) bond motifs is 5. The number of carbonyl (C=O) groups excluding carboxylic acids is 5. The van der Waals surface area contributed by atoms with Gasteiger partial charge in [-0.25, -0.2) is 14.4 Å². The van der Waals surface area contributed by atoms with E-state index in [1.54, 1.807) is 117 Å². The first-order valence-corrected chi connectivity index (χ1v) is 23.0. The Hall–Kier alpha value is -4.54.